The van der Waals surface area contributed by atoms with Gasteiger partial charge in [-0.15, -0.1) is 0 Å². The van der Waals surface area contributed by atoms with E-state index < -0.39 is 11.8 Å². The highest BCUT2D eigenvalue weighted by Gasteiger charge is 2.37. The molecule has 3 heterocycles. The van der Waals surface area contributed by atoms with Crippen molar-refractivity contribution >= 4 is 60.3 Å². The number of hydrogen-bond acceptors (Lipinski definition) is 6. The number of anilines is 1. The molecule has 1 aromatic heterocycles. The Morgan fingerprint density at radius 3 is 2.33 bits per heavy atom. The van der Waals surface area contributed by atoms with E-state index in [1.807, 2.05) is 12.1 Å². The van der Waals surface area contributed by atoms with Crippen LogP contribution in [-0.4, -0.2) is 65.2 Å². The van der Waals surface area contributed by atoms with Crippen molar-refractivity contribution in [3.8, 4) is 0 Å². The second-order valence-corrected chi connectivity index (χ2v) is 9.14. The third-order valence-corrected chi connectivity index (χ3v) is 6.99. The number of rotatable bonds is 3. The van der Waals surface area contributed by atoms with Gasteiger partial charge < -0.3 is 9.80 Å². The summed E-state index contributed by atoms with van der Waals surface area (Å²) in [5.41, 5.74) is 1.69. The van der Waals surface area contributed by atoms with Crippen LogP contribution in [0.1, 0.15) is 20.7 Å². The van der Waals surface area contributed by atoms with Crippen LogP contribution in [0.3, 0.4) is 0 Å². The Morgan fingerprint density at radius 1 is 1.00 bits per heavy atom. The topological polar surface area (TPSA) is 73.8 Å². The molecule has 0 N–H and O–H groups in total. The summed E-state index contributed by atoms with van der Waals surface area (Å²) >= 11 is 5.12. The maximum atomic E-state index is 12.8. The molecule has 2 aromatic carbocycles. The minimum Gasteiger partial charge on any atom is -0.345 e. The highest BCUT2D eigenvalue weighted by molar-refractivity contribution is 9.10. The molecule has 7 nitrogen and oxygen atoms in total. The number of carbonyl (C=O) groups excluding carboxylic acids is 3. The van der Waals surface area contributed by atoms with Gasteiger partial charge in [-0.25, -0.2) is 4.98 Å². The maximum absolute atomic E-state index is 12.8. The van der Waals surface area contributed by atoms with E-state index in [0.717, 1.165) is 24.7 Å². The molecule has 5 rings (SSSR count). The van der Waals surface area contributed by atoms with Gasteiger partial charge in [0, 0.05) is 30.7 Å². The molecule has 2 aliphatic rings. The number of amides is 3. The van der Waals surface area contributed by atoms with Gasteiger partial charge in [-0.2, -0.15) is 0 Å². The summed E-state index contributed by atoms with van der Waals surface area (Å²) in [5.74, 6) is -1.01. The number of thiazole rings is 1. The smallest absolute Gasteiger partial charge is 0.262 e. The number of imide groups is 1. The molecule has 0 saturated carbocycles. The molecular weight excluding hydrogens is 468 g/mol. The zero-order valence-electron chi connectivity index (χ0n) is 15.9. The number of piperazine rings is 1. The first kappa shape index (κ1) is 19.2. The summed E-state index contributed by atoms with van der Waals surface area (Å²) in [6.07, 6.45) is 0. The summed E-state index contributed by atoms with van der Waals surface area (Å²) in [6, 6.07) is 12.7. The molecule has 3 aromatic rings. The fourth-order valence-corrected chi connectivity index (χ4v) is 5.36. The number of nitrogens with zero attached hydrogens (tertiary/aromatic N) is 4. The molecule has 0 radical (unpaired) electrons. The molecule has 1 saturated heterocycles. The molecule has 0 spiro atoms. The van der Waals surface area contributed by atoms with Crippen molar-refractivity contribution in [1.82, 2.24) is 14.8 Å². The average molecular weight is 485 g/mol. The zero-order valence-corrected chi connectivity index (χ0v) is 18.3. The predicted molar refractivity (Wildman–Crippen MR) is 118 cm³/mol. The summed E-state index contributed by atoms with van der Waals surface area (Å²) in [4.78, 5) is 47.4. The molecule has 1 fully saturated rings. The Bertz CT molecular complexity index is 1150. The van der Waals surface area contributed by atoms with Crippen LogP contribution in [0.2, 0.25) is 0 Å². The fraction of sp³-hybridized carbons (Fsp3) is 0.238. The van der Waals surface area contributed by atoms with Crippen molar-refractivity contribution < 1.29 is 14.4 Å². The van der Waals surface area contributed by atoms with Crippen LogP contribution >= 0.6 is 27.3 Å². The number of carbonyl (C=O) groups is 3. The van der Waals surface area contributed by atoms with Gasteiger partial charge in [0.2, 0.25) is 5.91 Å². The largest absolute Gasteiger partial charge is 0.345 e. The second-order valence-electron chi connectivity index (χ2n) is 7.22. The van der Waals surface area contributed by atoms with Gasteiger partial charge in [-0.3, -0.25) is 19.3 Å². The Hall–Kier alpha value is -2.78. The monoisotopic (exact) mass is 484 g/mol. The molecular formula is C21H17BrN4O3S. The lowest BCUT2D eigenvalue weighted by Crippen LogP contribution is -2.51. The molecule has 0 atom stereocenters. The van der Waals surface area contributed by atoms with Gasteiger partial charge >= 0.3 is 0 Å². The van der Waals surface area contributed by atoms with Crippen LogP contribution < -0.4 is 4.90 Å². The van der Waals surface area contributed by atoms with E-state index in [-0.39, 0.29) is 12.5 Å². The Balaban J connectivity index is 1.23. The van der Waals surface area contributed by atoms with Crippen molar-refractivity contribution in [3.05, 3.63) is 58.1 Å². The van der Waals surface area contributed by atoms with Crippen LogP contribution in [-0.2, 0) is 4.79 Å². The van der Waals surface area contributed by atoms with Crippen molar-refractivity contribution in [3.63, 3.8) is 0 Å². The van der Waals surface area contributed by atoms with Crippen LogP contribution in [0, 0.1) is 0 Å². The van der Waals surface area contributed by atoms with E-state index >= 15 is 0 Å². The molecule has 0 bridgehead atoms. The number of halogens is 1. The van der Waals surface area contributed by atoms with Crippen LogP contribution in [0.5, 0.6) is 0 Å². The molecule has 30 heavy (non-hydrogen) atoms. The SMILES string of the molecule is O=C(CN1C(=O)c2ccccc2C1=O)N1CCN(c2nc3ccc(Br)cc3s2)CC1. The maximum Gasteiger partial charge on any atom is 0.262 e. The van der Waals surface area contributed by atoms with Crippen LogP contribution in [0.25, 0.3) is 10.2 Å². The summed E-state index contributed by atoms with van der Waals surface area (Å²) in [5, 5.41) is 0.940. The lowest BCUT2D eigenvalue weighted by atomic mass is 10.1. The standard InChI is InChI=1S/C21H17BrN4O3S/c22-13-5-6-16-17(11-13)30-21(23-16)25-9-7-24(8-10-25)18(27)12-26-19(28)14-3-1-2-4-15(14)20(26)29/h1-6,11H,7-10,12H2. The summed E-state index contributed by atoms with van der Waals surface area (Å²) < 4.78 is 2.14. The van der Waals surface area contributed by atoms with Gasteiger partial charge in [-0.05, 0) is 30.3 Å². The van der Waals surface area contributed by atoms with Crippen LogP contribution in [0.15, 0.2) is 46.9 Å². The zero-order chi connectivity index (χ0) is 20.8. The normalized spacial score (nSPS) is 16.5. The molecule has 152 valence electrons. The molecule has 0 aliphatic carbocycles. The van der Waals surface area contributed by atoms with Crippen LogP contribution in [0.4, 0.5) is 5.13 Å². The van der Waals surface area contributed by atoms with Gasteiger partial charge in [0.1, 0.15) is 6.54 Å². The minimum absolute atomic E-state index is 0.211. The predicted octanol–water partition coefficient (Wildman–Crippen LogP) is 3.00. The first-order valence-corrected chi connectivity index (χ1v) is 11.2. The third kappa shape index (κ3) is 3.27. The Kier molecular flexibility index (Phi) is 4.79. The minimum atomic E-state index is -0.400. The van der Waals surface area contributed by atoms with Gasteiger partial charge in [0.25, 0.3) is 11.8 Å². The van der Waals surface area contributed by atoms with Gasteiger partial charge in [-0.1, -0.05) is 39.4 Å². The quantitative estimate of drug-likeness (QED) is 0.534. The van der Waals surface area contributed by atoms with Crippen molar-refractivity contribution in [2.45, 2.75) is 0 Å². The van der Waals surface area contributed by atoms with E-state index in [1.54, 1.807) is 40.5 Å². The van der Waals surface area contributed by atoms with E-state index in [1.165, 1.54) is 0 Å². The van der Waals surface area contributed by atoms with Gasteiger partial charge in [0.15, 0.2) is 5.13 Å². The molecule has 9 heteroatoms. The lowest BCUT2D eigenvalue weighted by molar-refractivity contribution is -0.131. The average Bonchev–Trinajstić information content (AvgIpc) is 3.28. The Labute approximate surface area is 185 Å². The number of hydrogen-bond donors (Lipinski definition) is 0. The number of aromatic nitrogens is 1. The van der Waals surface area contributed by atoms with Crippen molar-refractivity contribution in [2.24, 2.45) is 0 Å². The Morgan fingerprint density at radius 2 is 1.67 bits per heavy atom. The fourth-order valence-electron chi connectivity index (χ4n) is 3.79. The first-order chi connectivity index (χ1) is 14.5. The highest BCUT2D eigenvalue weighted by Crippen LogP contribution is 2.31. The van der Waals surface area contributed by atoms with Crippen molar-refractivity contribution in [1.29, 1.82) is 0 Å². The summed E-state index contributed by atoms with van der Waals surface area (Å²) in [7, 11) is 0. The number of benzene rings is 2. The summed E-state index contributed by atoms with van der Waals surface area (Å²) in [6.45, 7) is 2.16. The second kappa shape index (κ2) is 7.48. The lowest BCUT2D eigenvalue weighted by Gasteiger charge is -2.35. The number of fused-ring (bicyclic) bond motifs is 2. The van der Waals surface area contributed by atoms with E-state index in [0.29, 0.717) is 37.3 Å². The molecule has 3 amide bonds. The highest BCUT2D eigenvalue weighted by atomic mass is 79.9. The first-order valence-electron chi connectivity index (χ1n) is 9.55. The van der Waals surface area contributed by atoms with E-state index in [9.17, 15) is 14.4 Å². The van der Waals surface area contributed by atoms with E-state index in [4.69, 9.17) is 4.98 Å². The molecule has 2 aliphatic heterocycles. The van der Waals surface area contributed by atoms with E-state index in [2.05, 4.69) is 26.9 Å². The van der Waals surface area contributed by atoms with Crippen molar-refractivity contribution in [2.75, 3.05) is 37.6 Å². The van der Waals surface area contributed by atoms with Gasteiger partial charge in [0.05, 0.1) is 21.3 Å². The molecule has 0 unspecified atom stereocenters. The third-order valence-electron chi connectivity index (χ3n) is 5.41.